The second-order valence-corrected chi connectivity index (χ2v) is 3.94. The largest absolute Gasteiger partial charge is 0.355 e. The van der Waals surface area contributed by atoms with E-state index in [-0.39, 0.29) is 11.8 Å². The Bertz CT molecular complexity index is 401. The first-order valence-corrected chi connectivity index (χ1v) is 5.89. The predicted molar refractivity (Wildman–Crippen MR) is 70.2 cm³/mol. The number of amides is 2. The van der Waals surface area contributed by atoms with Gasteiger partial charge >= 0.3 is 0 Å². The normalized spacial score (nSPS) is 9.89. The van der Waals surface area contributed by atoms with Crippen LogP contribution in [0.15, 0.2) is 24.3 Å². The maximum absolute atomic E-state index is 11.3. The molecule has 0 bridgehead atoms. The Morgan fingerprint density at radius 1 is 1.11 bits per heavy atom. The monoisotopic (exact) mass is 249 g/mol. The molecular formula is C13H19N3O2. The van der Waals surface area contributed by atoms with Gasteiger partial charge in [0.25, 0.3) is 5.91 Å². The third kappa shape index (κ3) is 4.97. The summed E-state index contributed by atoms with van der Waals surface area (Å²) < 4.78 is 0. The molecular weight excluding hydrogens is 230 g/mol. The molecule has 18 heavy (non-hydrogen) atoms. The molecule has 3 N–H and O–H groups in total. The van der Waals surface area contributed by atoms with Crippen LogP contribution in [0.2, 0.25) is 0 Å². The number of hydrogen-bond donors (Lipinski definition) is 3. The van der Waals surface area contributed by atoms with Gasteiger partial charge in [0.2, 0.25) is 5.91 Å². The summed E-state index contributed by atoms with van der Waals surface area (Å²) in [5, 5.41) is 8.49. The molecule has 0 aliphatic heterocycles. The molecule has 98 valence electrons. The first kappa shape index (κ1) is 14.2. The van der Waals surface area contributed by atoms with E-state index in [4.69, 9.17) is 0 Å². The molecule has 5 nitrogen and oxygen atoms in total. The summed E-state index contributed by atoms with van der Waals surface area (Å²) in [4.78, 5) is 22.0. The minimum absolute atomic E-state index is 0.0215. The summed E-state index contributed by atoms with van der Waals surface area (Å²) >= 11 is 0. The number of rotatable bonds is 6. The molecule has 0 saturated heterocycles. The lowest BCUT2D eigenvalue weighted by atomic mass is 10.1. The lowest BCUT2D eigenvalue weighted by Gasteiger charge is -2.06. The van der Waals surface area contributed by atoms with Gasteiger partial charge in [0.1, 0.15) is 0 Å². The van der Waals surface area contributed by atoms with Crippen LogP contribution < -0.4 is 16.0 Å². The van der Waals surface area contributed by atoms with E-state index >= 15 is 0 Å². The van der Waals surface area contributed by atoms with Gasteiger partial charge in [0.15, 0.2) is 0 Å². The molecule has 0 fully saturated rings. The minimum atomic E-state index is -0.0832. The summed E-state index contributed by atoms with van der Waals surface area (Å²) in [6, 6.07) is 7.42. The maximum atomic E-state index is 11.3. The van der Waals surface area contributed by atoms with Crippen molar-refractivity contribution in [3.8, 4) is 0 Å². The molecule has 1 aromatic rings. The van der Waals surface area contributed by atoms with Crippen molar-refractivity contribution in [3.63, 3.8) is 0 Å². The number of carbonyl (C=O) groups is 2. The van der Waals surface area contributed by atoms with E-state index in [2.05, 4.69) is 16.0 Å². The van der Waals surface area contributed by atoms with Gasteiger partial charge in [-0.1, -0.05) is 12.1 Å². The van der Waals surface area contributed by atoms with Crippen LogP contribution in [0.1, 0.15) is 22.8 Å². The van der Waals surface area contributed by atoms with Crippen molar-refractivity contribution >= 4 is 11.8 Å². The van der Waals surface area contributed by atoms with Gasteiger partial charge < -0.3 is 16.0 Å². The van der Waals surface area contributed by atoms with Crippen LogP contribution in [-0.2, 0) is 11.3 Å². The highest BCUT2D eigenvalue weighted by Crippen LogP contribution is 2.03. The first-order valence-electron chi connectivity index (χ1n) is 5.89. The van der Waals surface area contributed by atoms with Crippen molar-refractivity contribution in [2.45, 2.75) is 13.5 Å². The molecule has 0 heterocycles. The summed E-state index contributed by atoms with van der Waals surface area (Å²) in [6.45, 7) is 3.55. The maximum Gasteiger partial charge on any atom is 0.251 e. The van der Waals surface area contributed by atoms with E-state index in [0.717, 1.165) is 12.1 Å². The highest BCUT2D eigenvalue weighted by molar-refractivity contribution is 5.93. The fraction of sp³-hybridized carbons (Fsp3) is 0.385. The van der Waals surface area contributed by atoms with Crippen LogP contribution in [0.3, 0.4) is 0 Å². The van der Waals surface area contributed by atoms with Gasteiger partial charge in [-0.15, -0.1) is 0 Å². The second kappa shape index (κ2) is 7.45. The van der Waals surface area contributed by atoms with Crippen LogP contribution in [0.5, 0.6) is 0 Å². The number of hydrogen-bond acceptors (Lipinski definition) is 3. The van der Waals surface area contributed by atoms with Crippen molar-refractivity contribution in [2.24, 2.45) is 0 Å². The quantitative estimate of drug-likeness (QED) is 0.634. The van der Waals surface area contributed by atoms with Crippen molar-refractivity contribution in [3.05, 3.63) is 35.4 Å². The SMILES string of the molecule is CNC(=O)c1ccc(CNCCNC(C)=O)cc1. The Balaban J connectivity index is 2.31. The highest BCUT2D eigenvalue weighted by Gasteiger charge is 2.01. The van der Waals surface area contributed by atoms with Crippen LogP contribution in [0.4, 0.5) is 0 Å². The molecule has 0 aromatic heterocycles. The van der Waals surface area contributed by atoms with Crippen molar-refractivity contribution in [1.82, 2.24) is 16.0 Å². The number of benzene rings is 1. The standard InChI is InChI=1S/C13H19N3O2/c1-10(17)16-8-7-15-9-11-3-5-12(6-4-11)13(18)14-2/h3-6,15H,7-9H2,1-2H3,(H,14,18)(H,16,17). The van der Waals surface area contributed by atoms with Crippen LogP contribution in [-0.4, -0.2) is 32.0 Å². The van der Waals surface area contributed by atoms with Gasteiger partial charge in [-0.2, -0.15) is 0 Å². The average molecular weight is 249 g/mol. The van der Waals surface area contributed by atoms with Crippen molar-refractivity contribution in [1.29, 1.82) is 0 Å². The zero-order valence-corrected chi connectivity index (χ0v) is 10.7. The molecule has 0 aliphatic carbocycles. The Labute approximate surface area is 107 Å². The van der Waals surface area contributed by atoms with E-state index in [9.17, 15) is 9.59 Å². The van der Waals surface area contributed by atoms with E-state index < -0.39 is 0 Å². The summed E-state index contributed by atoms with van der Waals surface area (Å²) in [6.07, 6.45) is 0. The lowest BCUT2D eigenvalue weighted by Crippen LogP contribution is -2.29. The van der Waals surface area contributed by atoms with Gasteiger partial charge in [0.05, 0.1) is 0 Å². The Kier molecular flexibility index (Phi) is 5.87. The molecule has 0 radical (unpaired) electrons. The molecule has 1 rings (SSSR count). The van der Waals surface area contributed by atoms with E-state index in [1.807, 2.05) is 12.1 Å². The third-order valence-electron chi connectivity index (χ3n) is 2.45. The fourth-order valence-electron chi connectivity index (χ4n) is 1.48. The first-order chi connectivity index (χ1) is 8.63. The minimum Gasteiger partial charge on any atom is -0.355 e. The van der Waals surface area contributed by atoms with Crippen LogP contribution in [0.25, 0.3) is 0 Å². The van der Waals surface area contributed by atoms with E-state index in [1.165, 1.54) is 6.92 Å². The highest BCUT2D eigenvalue weighted by atomic mass is 16.2. The predicted octanol–water partition coefficient (Wildman–Crippen LogP) is 0.272. The molecule has 0 atom stereocenters. The summed E-state index contributed by atoms with van der Waals surface area (Å²) in [7, 11) is 1.61. The molecule has 1 aromatic carbocycles. The van der Waals surface area contributed by atoms with Gasteiger partial charge in [-0.05, 0) is 17.7 Å². The van der Waals surface area contributed by atoms with Crippen molar-refractivity contribution in [2.75, 3.05) is 20.1 Å². The molecule has 0 unspecified atom stereocenters. The lowest BCUT2D eigenvalue weighted by molar-refractivity contribution is -0.118. The topological polar surface area (TPSA) is 70.2 Å². The zero-order chi connectivity index (χ0) is 13.4. The van der Waals surface area contributed by atoms with E-state index in [1.54, 1.807) is 19.2 Å². The molecule has 0 aliphatic rings. The number of nitrogens with one attached hydrogen (secondary N) is 3. The van der Waals surface area contributed by atoms with Gasteiger partial charge in [-0.25, -0.2) is 0 Å². The third-order valence-corrected chi connectivity index (χ3v) is 2.45. The van der Waals surface area contributed by atoms with Gasteiger partial charge in [-0.3, -0.25) is 9.59 Å². The molecule has 2 amide bonds. The smallest absolute Gasteiger partial charge is 0.251 e. The Morgan fingerprint density at radius 3 is 2.33 bits per heavy atom. The Hall–Kier alpha value is -1.88. The molecule has 5 heteroatoms. The average Bonchev–Trinajstić information content (AvgIpc) is 2.38. The molecule has 0 saturated carbocycles. The zero-order valence-electron chi connectivity index (χ0n) is 10.7. The second-order valence-electron chi connectivity index (χ2n) is 3.94. The fourth-order valence-corrected chi connectivity index (χ4v) is 1.48. The van der Waals surface area contributed by atoms with Crippen LogP contribution in [0, 0.1) is 0 Å². The summed E-state index contributed by atoms with van der Waals surface area (Å²) in [5.74, 6) is -0.105. The summed E-state index contributed by atoms with van der Waals surface area (Å²) in [5.41, 5.74) is 1.75. The van der Waals surface area contributed by atoms with Crippen molar-refractivity contribution < 1.29 is 9.59 Å². The number of carbonyl (C=O) groups excluding carboxylic acids is 2. The Morgan fingerprint density at radius 2 is 1.78 bits per heavy atom. The van der Waals surface area contributed by atoms with E-state index in [0.29, 0.717) is 18.7 Å². The molecule has 0 spiro atoms. The van der Waals surface area contributed by atoms with Crippen LogP contribution >= 0.6 is 0 Å². The van der Waals surface area contributed by atoms with Gasteiger partial charge in [0, 0.05) is 39.2 Å².